The first kappa shape index (κ1) is 19.0. The monoisotopic (exact) mass is 360 g/mol. The summed E-state index contributed by atoms with van der Waals surface area (Å²) < 4.78 is 11.3. The van der Waals surface area contributed by atoms with Gasteiger partial charge in [0.25, 0.3) is 0 Å². The van der Waals surface area contributed by atoms with Crippen molar-refractivity contribution in [1.29, 1.82) is 0 Å². The highest BCUT2D eigenvalue weighted by Crippen LogP contribution is 2.25. The van der Waals surface area contributed by atoms with E-state index in [0.29, 0.717) is 6.54 Å². The van der Waals surface area contributed by atoms with Crippen LogP contribution in [0.5, 0.6) is 0 Å². The third-order valence-electron chi connectivity index (χ3n) is 5.39. The van der Waals surface area contributed by atoms with Crippen LogP contribution in [0.2, 0.25) is 0 Å². The first-order valence-electron chi connectivity index (χ1n) is 9.72. The predicted octanol–water partition coefficient (Wildman–Crippen LogP) is 1.97. The number of aliphatic imine (C=N–C) groups is 1. The van der Waals surface area contributed by atoms with E-state index in [2.05, 4.69) is 52.4 Å². The van der Waals surface area contributed by atoms with Crippen molar-refractivity contribution in [3.05, 3.63) is 30.3 Å². The van der Waals surface area contributed by atoms with E-state index in [1.165, 1.54) is 5.69 Å². The molecule has 6 nitrogen and oxygen atoms in total. The molecule has 0 aromatic heterocycles. The number of hydrogen-bond donors (Lipinski definition) is 1. The molecular weight excluding hydrogens is 328 g/mol. The summed E-state index contributed by atoms with van der Waals surface area (Å²) in [7, 11) is 1.80. The van der Waals surface area contributed by atoms with Gasteiger partial charge in [0.1, 0.15) is 0 Å². The van der Waals surface area contributed by atoms with Gasteiger partial charge in [-0.25, -0.2) is 0 Å². The number of piperazine rings is 1. The van der Waals surface area contributed by atoms with Crippen molar-refractivity contribution < 1.29 is 9.47 Å². The third kappa shape index (κ3) is 4.68. The lowest BCUT2D eigenvalue weighted by molar-refractivity contribution is -0.0829. The molecule has 2 fully saturated rings. The molecule has 0 spiro atoms. The van der Waals surface area contributed by atoms with E-state index >= 15 is 0 Å². The number of rotatable bonds is 5. The Kier molecular flexibility index (Phi) is 6.74. The molecule has 0 aliphatic carbocycles. The lowest BCUT2D eigenvalue weighted by Crippen LogP contribution is -2.53. The summed E-state index contributed by atoms with van der Waals surface area (Å²) in [6.07, 6.45) is 1.82. The normalized spacial score (nSPS) is 20.9. The standard InChI is InChI=1S/C20H32N4O2/c1-3-21-19(22-17-20(25-2)9-15-26-16-10-20)24-13-11-23(12-14-24)18-7-5-4-6-8-18/h4-8H,3,9-17H2,1-2H3,(H,21,22). The van der Waals surface area contributed by atoms with E-state index in [1.807, 2.05) is 0 Å². The third-order valence-corrected chi connectivity index (χ3v) is 5.39. The Labute approximate surface area is 157 Å². The molecule has 1 aromatic carbocycles. The van der Waals surface area contributed by atoms with Crippen LogP contribution in [0.25, 0.3) is 0 Å². The SMILES string of the molecule is CCNC(=NCC1(OC)CCOCC1)N1CCN(c2ccccc2)CC1. The first-order valence-corrected chi connectivity index (χ1v) is 9.72. The summed E-state index contributed by atoms with van der Waals surface area (Å²) in [5, 5.41) is 3.46. The van der Waals surface area contributed by atoms with E-state index in [0.717, 1.165) is 64.7 Å². The zero-order valence-electron chi connectivity index (χ0n) is 16.1. The summed E-state index contributed by atoms with van der Waals surface area (Å²) in [6.45, 7) is 9.18. The fourth-order valence-electron chi connectivity index (χ4n) is 3.63. The van der Waals surface area contributed by atoms with Crippen molar-refractivity contribution >= 4 is 11.6 Å². The number of hydrogen-bond acceptors (Lipinski definition) is 4. The van der Waals surface area contributed by atoms with Gasteiger partial charge in [-0.15, -0.1) is 0 Å². The maximum absolute atomic E-state index is 5.83. The van der Waals surface area contributed by atoms with Crippen molar-refractivity contribution in [3.63, 3.8) is 0 Å². The molecular formula is C20H32N4O2. The van der Waals surface area contributed by atoms with Crippen molar-refractivity contribution in [2.75, 3.05) is 64.5 Å². The smallest absolute Gasteiger partial charge is 0.194 e. The van der Waals surface area contributed by atoms with Crippen LogP contribution < -0.4 is 10.2 Å². The first-order chi connectivity index (χ1) is 12.8. The van der Waals surface area contributed by atoms with E-state index in [9.17, 15) is 0 Å². The average molecular weight is 361 g/mol. The highest BCUT2D eigenvalue weighted by Gasteiger charge is 2.32. The van der Waals surface area contributed by atoms with Crippen LogP contribution in [-0.4, -0.2) is 76.1 Å². The zero-order valence-corrected chi connectivity index (χ0v) is 16.1. The quantitative estimate of drug-likeness (QED) is 0.643. The Hall–Kier alpha value is -1.79. The minimum Gasteiger partial charge on any atom is -0.381 e. The lowest BCUT2D eigenvalue weighted by atomic mass is 9.94. The summed E-state index contributed by atoms with van der Waals surface area (Å²) in [4.78, 5) is 9.74. The number of benzene rings is 1. The summed E-state index contributed by atoms with van der Waals surface area (Å²) in [5.41, 5.74) is 1.12. The number of ether oxygens (including phenoxy) is 2. The van der Waals surface area contributed by atoms with Gasteiger partial charge in [-0.2, -0.15) is 0 Å². The van der Waals surface area contributed by atoms with Gasteiger partial charge in [0.05, 0.1) is 12.1 Å². The number of nitrogens with one attached hydrogen (secondary N) is 1. The van der Waals surface area contributed by atoms with Crippen LogP contribution in [-0.2, 0) is 9.47 Å². The van der Waals surface area contributed by atoms with Crippen LogP contribution in [0.4, 0.5) is 5.69 Å². The van der Waals surface area contributed by atoms with Crippen LogP contribution in [0.1, 0.15) is 19.8 Å². The molecule has 0 amide bonds. The highest BCUT2D eigenvalue weighted by atomic mass is 16.5. The molecule has 2 aliphatic heterocycles. The fourth-order valence-corrected chi connectivity index (χ4v) is 3.63. The molecule has 0 radical (unpaired) electrons. The van der Waals surface area contributed by atoms with Crippen LogP contribution in [0.3, 0.4) is 0 Å². The second-order valence-corrected chi connectivity index (χ2v) is 6.98. The largest absolute Gasteiger partial charge is 0.381 e. The molecule has 0 atom stereocenters. The summed E-state index contributed by atoms with van der Waals surface area (Å²) in [5.74, 6) is 1.00. The molecule has 0 saturated carbocycles. The molecule has 6 heteroatoms. The van der Waals surface area contributed by atoms with Crippen LogP contribution in [0.15, 0.2) is 35.3 Å². The Bertz CT molecular complexity index is 564. The van der Waals surface area contributed by atoms with Gasteiger partial charge in [-0.1, -0.05) is 18.2 Å². The van der Waals surface area contributed by atoms with Crippen molar-refractivity contribution in [2.24, 2.45) is 4.99 Å². The van der Waals surface area contributed by atoms with Gasteiger partial charge >= 0.3 is 0 Å². The molecule has 1 aromatic rings. The summed E-state index contributed by atoms with van der Waals surface area (Å²) in [6, 6.07) is 10.6. The maximum Gasteiger partial charge on any atom is 0.194 e. The Morgan fingerprint density at radius 1 is 1.15 bits per heavy atom. The Balaban J connectivity index is 1.61. The number of nitrogens with zero attached hydrogens (tertiary/aromatic N) is 3. The molecule has 26 heavy (non-hydrogen) atoms. The van der Waals surface area contributed by atoms with Gasteiger partial charge in [-0.05, 0) is 19.1 Å². The second-order valence-electron chi connectivity index (χ2n) is 6.98. The van der Waals surface area contributed by atoms with Crippen molar-refractivity contribution in [1.82, 2.24) is 10.2 Å². The predicted molar refractivity (Wildman–Crippen MR) is 106 cm³/mol. The second kappa shape index (κ2) is 9.24. The van der Waals surface area contributed by atoms with Crippen LogP contribution in [0, 0.1) is 0 Å². The number of para-hydroxylation sites is 1. The number of methoxy groups -OCH3 is 1. The maximum atomic E-state index is 5.83. The van der Waals surface area contributed by atoms with Gasteiger partial charge in [0.2, 0.25) is 0 Å². The Morgan fingerprint density at radius 2 is 1.85 bits per heavy atom. The van der Waals surface area contributed by atoms with E-state index < -0.39 is 0 Å². The molecule has 3 rings (SSSR count). The van der Waals surface area contributed by atoms with Gasteiger partial charge in [0, 0.05) is 71.6 Å². The minimum absolute atomic E-state index is 0.176. The number of guanidine groups is 1. The van der Waals surface area contributed by atoms with Gasteiger partial charge in [0.15, 0.2) is 5.96 Å². The molecule has 144 valence electrons. The minimum atomic E-state index is -0.176. The van der Waals surface area contributed by atoms with Crippen molar-refractivity contribution in [2.45, 2.75) is 25.4 Å². The fraction of sp³-hybridized carbons (Fsp3) is 0.650. The number of anilines is 1. The van der Waals surface area contributed by atoms with Gasteiger partial charge in [-0.3, -0.25) is 4.99 Å². The topological polar surface area (TPSA) is 49.3 Å². The molecule has 2 saturated heterocycles. The molecule has 1 N–H and O–H groups in total. The molecule has 0 bridgehead atoms. The van der Waals surface area contributed by atoms with Crippen molar-refractivity contribution in [3.8, 4) is 0 Å². The molecule has 2 aliphatic rings. The van der Waals surface area contributed by atoms with E-state index in [4.69, 9.17) is 14.5 Å². The van der Waals surface area contributed by atoms with E-state index in [-0.39, 0.29) is 5.60 Å². The summed E-state index contributed by atoms with van der Waals surface area (Å²) >= 11 is 0. The highest BCUT2D eigenvalue weighted by molar-refractivity contribution is 5.80. The van der Waals surface area contributed by atoms with E-state index in [1.54, 1.807) is 7.11 Å². The zero-order chi connectivity index (χ0) is 18.2. The van der Waals surface area contributed by atoms with Crippen LogP contribution >= 0.6 is 0 Å². The van der Waals surface area contributed by atoms with Gasteiger partial charge < -0.3 is 24.6 Å². The Morgan fingerprint density at radius 3 is 2.46 bits per heavy atom. The average Bonchev–Trinajstić information content (AvgIpc) is 2.72. The molecule has 0 unspecified atom stereocenters. The molecule has 2 heterocycles. The lowest BCUT2D eigenvalue weighted by Gasteiger charge is -2.39.